The van der Waals surface area contributed by atoms with Crippen LogP contribution in [0, 0.1) is 11.6 Å². The van der Waals surface area contributed by atoms with Gasteiger partial charge in [0.1, 0.15) is 11.6 Å². The summed E-state index contributed by atoms with van der Waals surface area (Å²) in [5.74, 6) is -1.20. The monoisotopic (exact) mass is 284 g/mol. The molecule has 3 aromatic rings. The minimum atomic E-state index is -0.600. The van der Waals surface area contributed by atoms with Crippen LogP contribution in [0.5, 0.6) is 0 Å². The molecular formula is C17H14F2N2. The van der Waals surface area contributed by atoms with Crippen LogP contribution in [0.1, 0.15) is 5.56 Å². The van der Waals surface area contributed by atoms with Crippen molar-refractivity contribution in [1.82, 2.24) is 4.98 Å². The zero-order chi connectivity index (χ0) is 14.8. The first-order valence-electron chi connectivity index (χ1n) is 6.72. The highest BCUT2D eigenvalue weighted by Crippen LogP contribution is 2.32. The Kier molecular flexibility index (Phi) is 3.62. The Hall–Kier alpha value is -2.33. The van der Waals surface area contributed by atoms with E-state index in [1.165, 1.54) is 12.1 Å². The molecule has 2 nitrogen and oxygen atoms in total. The van der Waals surface area contributed by atoms with Gasteiger partial charge in [0.05, 0.1) is 5.52 Å². The molecule has 0 aliphatic rings. The summed E-state index contributed by atoms with van der Waals surface area (Å²) in [6, 6.07) is 11.2. The van der Waals surface area contributed by atoms with Gasteiger partial charge in [-0.05, 0) is 42.3 Å². The van der Waals surface area contributed by atoms with Crippen molar-refractivity contribution >= 4 is 10.9 Å². The number of rotatable bonds is 3. The second-order valence-electron chi connectivity index (χ2n) is 4.87. The molecule has 0 unspecified atom stereocenters. The second kappa shape index (κ2) is 5.58. The van der Waals surface area contributed by atoms with Crippen molar-refractivity contribution in [3.8, 4) is 11.1 Å². The molecule has 0 fully saturated rings. The van der Waals surface area contributed by atoms with Crippen LogP contribution in [-0.4, -0.2) is 11.5 Å². The van der Waals surface area contributed by atoms with Crippen LogP contribution in [-0.2, 0) is 6.42 Å². The summed E-state index contributed by atoms with van der Waals surface area (Å²) in [5, 5.41) is 0.929. The average molecular weight is 284 g/mol. The third-order valence-electron chi connectivity index (χ3n) is 3.43. The molecular weight excluding hydrogens is 270 g/mol. The van der Waals surface area contributed by atoms with Crippen molar-refractivity contribution in [3.05, 3.63) is 65.9 Å². The van der Waals surface area contributed by atoms with E-state index in [0.717, 1.165) is 28.1 Å². The van der Waals surface area contributed by atoms with Gasteiger partial charge in [-0.25, -0.2) is 8.78 Å². The molecule has 0 amide bonds. The van der Waals surface area contributed by atoms with E-state index >= 15 is 0 Å². The van der Waals surface area contributed by atoms with Crippen molar-refractivity contribution in [2.24, 2.45) is 5.73 Å². The fourth-order valence-corrected chi connectivity index (χ4v) is 2.57. The summed E-state index contributed by atoms with van der Waals surface area (Å²) in [5.41, 5.74) is 8.54. The highest BCUT2D eigenvalue weighted by Gasteiger charge is 2.12. The molecule has 0 aliphatic carbocycles. The highest BCUT2D eigenvalue weighted by molar-refractivity contribution is 5.95. The number of nitrogens with two attached hydrogens (primary N) is 1. The van der Waals surface area contributed by atoms with Crippen molar-refractivity contribution in [3.63, 3.8) is 0 Å². The molecule has 0 saturated carbocycles. The molecule has 3 rings (SSSR count). The van der Waals surface area contributed by atoms with E-state index in [-0.39, 0.29) is 0 Å². The summed E-state index contributed by atoms with van der Waals surface area (Å²) in [6.07, 6.45) is 2.30. The van der Waals surface area contributed by atoms with E-state index in [0.29, 0.717) is 18.5 Å². The molecule has 0 saturated heterocycles. The molecule has 0 bridgehead atoms. The van der Waals surface area contributed by atoms with E-state index in [1.807, 2.05) is 24.3 Å². The van der Waals surface area contributed by atoms with Gasteiger partial charge in [0.25, 0.3) is 0 Å². The van der Waals surface area contributed by atoms with Crippen molar-refractivity contribution in [2.75, 3.05) is 6.54 Å². The minimum absolute atomic E-state index is 0.461. The maximum absolute atomic E-state index is 13.5. The predicted octanol–water partition coefficient (Wildman–Crippen LogP) is 3.68. The average Bonchev–Trinajstić information content (AvgIpc) is 2.46. The van der Waals surface area contributed by atoms with Crippen molar-refractivity contribution in [2.45, 2.75) is 6.42 Å². The Morgan fingerprint density at radius 3 is 2.48 bits per heavy atom. The smallest absolute Gasteiger partial charge is 0.126 e. The summed E-state index contributed by atoms with van der Waals surface area (Å²) in [4.78, 5) is 4.37. The second-order valence-corrected chi connectivity index (χ2v) is 4.87. The molecule has 21 heavy (non-hydrogen) atoms. The summed E-state index contributed by atoms with van der Waals surface area (Å²) < 4.78 is 27.1. The minimum Gasteiger partial charge on any atom is -0.330 e. The Morgan fingerprint density at radius 1 is 1.00 bits per heavy atom. The van der Waals surface area contributed by atoms with Crippen LogP contribution >= 0.6 is 0 Å². The Balaban J connectivity index is 2.34. The van der Waals surface area contributed by atoms with Gasteiger partial charge >= 0.3 is 0 Å². The Morgan fingerprint density at radius 2 is 1.76 bits per heavy atom. The Bertz CT molecular complexity index is 780. The molecule has 1 heterocycles. The first-order valence-corrected chi connectivity index (χ1v) is 6.72. The third kappa shape index (κ3) is 2.62. The molecule has 0 radical (unpaired) electrons. The summed E-state index contributed by atoms with van der Waals surface area (Å²) in [7, 11) is 0. The van der Waals surface area contributed by atoms with E-state index in [2.05, 4.69) is 4.98 Å². The van der Waals surface area contributed by atoms with E-state index < -0.39 is 11.6 Å². The summed E-state index contributed by atoms with van der Waals surface area (Å²) >= 11 is 0. The van der Waals surface area contributed by atoms with E-state index in [9.17, 15) is 8.78 Å². The van der Waals surface area contributed by atoms with E-state index in [4.69, 9.17) is 5.73 Å². The standard InChI is InChI=1S/C17H14F2N2/c18-14-8-13(9-15(19)10-14)16-11(5-6-20)3-4-12-2-1-7-21-17(12)16/h1-4,7-10H,5-6,20H2. The molecule has 0 aliphatic heterocycles. The number of hydrogen-bond acceptors (Lipinski definition) is 2. The SMILES string of the molecule is NCCc1ccc2cccnc2c1-c1cc(F)cc(F)c1. The van der Waals surface area contributed by atoms with Gasteiger partial charge < -0.3 is 5.73 Å². The van der Waals surface area contributed by atoms with E-state index in [1.54, 1.807) is 6.20 Å². The van der Waals surface area contributed by atoms with Gasteiger partial charge in [-0.15, -0.1) is 0 Å². The molecule has 1 aromatic heterocycles. The zero-order valence-corrected chi connectivity index (χ0v) is 11.3. The largest absolute Gasteiger partial charge is 0.330 e. The lowest BCUT2D eigenvalue weighted by Crippen LogP contribution is -2.04. The molecule has 0 atom stereocenters. The van der Waals surface area contributed by atoms with Gasteiger partial charge in [0.15, 0.2) is 0 Å². The van der Waals surface area contributed by atoms with Crippen LogP contribution in [0.15, 0.2) is 48.7 Å². The van der Waals surface area contributed by atoms with Gasteiger partial charge in [-0.3, -0.25) is 4.98 Å². The number of fused-ring (bicyclic) bond motifs is 1. The molecule has 0 spiro atoms. The lowest BCUT2D eigenvalue weighted by molar-refractivity contribution is 0.584. The normalized spacial score (nSPS) is 11.0. The highest BCUT2D eigenvalue weighted by atomic mass is 19.1. The van der Waals surface area contributed by atoms with Crippen LogP contribution in [0.25, 0.3) is 22.0 Å². The molecule has 2 aromatic carbocycles. The molecule has 4 heteroatoms. The number of aromatic nitrogens is 1. The lowest BCUT2D eigenvalue weighted by Gasteiger charge is -2.12. The number of benzene rings is 2. The fourth-order valence-electron chi connectivity index (χ4n) is 2.57. The van der Waals surface area contributed by atoms with Gasteiger partial charge in [-0.1, -0.05) is 18.2 Å². The maximum atomic E-state index is 13.5. The number of pyridine rings is 1. The predicted molar refractivity (Wildman–Crippen MR) is 79.9 cm³/mol. The fraction of sp³-hybridized carbons (Fsp3) is 0.118. The third-order valence-corrected chi connectivity index (χ3v) is 3.43. The Labute approximate surface area is 121 Å². The number of nitrogens with zero attached hydrogens (tertiary/aromatic N) is 1. The first-order chi connectivity index (χ1) is 10.2. The number of hydrogen-bond donors (Lipinski definition) is 1. The quantitative estimate of drug-likeness (QED) is 0.796. The number of halogens is 2. The van der Waals surface area contributed by atoms with Crippen LogP contribution in [0.2, 0.25) is 0 Å². The molecule has 106 valence electrons. The van der Waals surface area contributed by atoms with Crippen molar-refractivity contribution < 1.29 is 8.78 Å². The molecule has 2 N–H and O–H groups in total. The van der Waals surface area contributed by atoms with Gasteiger partial charge in [-0.2, -0.15) is 0 Å². The first kappa shape index (κ1) is 13.6. The van der Waals surface area contributed by atoms with Crippen LogP contribution in [0.4, 0.5) is 8.78 Å². The topological polar surface area (TPSA) is 38.9 Å². The van der Waals surface area contributed by atoms with Crippen molar-refractivity contribution in [1.29, 1.82) is 0 Å². The van der Waals surface area contributed by atoms with Crippen LogP contribution in [0.3, 0.4) is 0 Å². The van der Waals surface area contributed by atoms with Gasteiger partial charge in [0, 0.05) is 23.2 Å². The summed E-state index contributed by atoms with van der Waals surface area (Å²) in [6.45, 7) is 0.461. The maximum Gasteiger partial charge on any atom is 0.126 e. The lowest BCUT2D eigenvalue weighted by atomic mass is 9.94. The van der Waals surface area contributed by atoms with Crippen LogP contribution < -0.4 is 5.73 Å². The van der Waals surface area contributed by atoms with Gasteiger partial charge in [0.2, 0.25) is 0 Å². The zero-order valence-electron chi connectivity index (χ0n) is 11.3.